The van der Waals surface area contributed by atoms with Crippen molar-refractivity contribution >= 4 is 11.8 Å². The first kappa shape index (κ1) is 22.5. The molecule has 6 heteroatoms. The van der Waals surface area contributed by atoms with Crippen LogP contribution in [0.25, 0.3) is 0 Å². The van der Waals surface area contributed by atoms with Gasteiger partial charge in [0.1, 0.15) is 0 Å². The number of rotatable bonds is 6. The van der Waals surface area contributed by atoms with E-state index in [2.05, 4.69) is 29.4 Å². The summed E-state index contributed by atoms with van der Waals surface area (Å²) in [5.74, 6) is 0.184. The van der Waals surface area contributed by atoms with E-state index in [0.29, 0.717) is 6.54 Å². The smallest absolute Gasteiger partial charge is 0.223 e. The van der Waals surface area contributed by atoms with E-state index < -0.39 is 6.10 Å². The third-order valence-corrected chi connectivity index (χ3v) is 8.26. The predicted octanol–water partition coefficient (Wildman–Crippen LogP) is 2.16. The molecule has 7 atom stereocenters. The second-order valence-corrected chi connectivity index (χ2v) is 10.2. The second-order valence-electron chi connectivity index (χ2n) is 10.2. The van der Waals surface area contributed by atoms with E-state index >= 15 is 0 Å². The predicted molar refractivity (Wildman–Crippen MR) is 114 cm³/mol. The van der Waals surface area contributed by atoms with Gasteiger partial charge in [-0.05, 0) is 74.8 Å². The molecule has 0 aromatic carbocycles. The van der Waals surface area contributed by atoms with Crippen molar-refractivity contribution in [3.05, 3.63) is 0 Å². The summed E-state index contributed by atoms with van der Waals surface area (Å²) < 4.78 is 0. The molecule has 0 bridgehead atoms. The summed E-state index contributed by atoms with van der Waals surface area (Å²) in [5.41, 5.74) is 0.0935. The number of hydrogen-bond donors (Lipinski definition) is 3. The molecule has 3 aliphatic rings. The molecular weight excluding hydrogens is 366 g/mol. The highest BCUT2D eigenvalue weighted by Gasteiger charge is 2.53. The highest BCUT2D eigenvalue weighted by atomic mass is 16.3. The number of hydrogen-bond acceptors (Lipinski definition) is 4. The number of fused-ring (bicyclic) bond motifs is 1. The molecule has 0 aromatic heterocycles. The van der Waals surface area contributed by atoms with Crippen molar-refractivity contribution in [1.29, 1.82) is 0 Å². The van der Waals surface area contributed by atoms with Gasteiger partial charge in [0, 0.05) is 32.0 Å². The van der Waals surface area contributed by atoms with E-state index in [1.807, 2.05) is 6.92 Å². The summed E-state index contributed by atoms with van der Waals surface area (Å²) in [6.07, 6.45) is 5.95. The molecule has 2 saturated carbocycles. The van der Waals surface area contributed by atoms with Crippen LogP contribution in [0.15, 0.2) is 0 Å². The molecule has 0 aromatic rings. The second kappa shape index (κ2) is 9.34. The number of nitrogens with zero attached hydrogens (tertiary/aromatic N) is 1. The molecule has 0 unspecified atom stereocenters. The monoisotopic (exact) mass is 407 g/mol. The number of likely N-dealkylation sites (tertiary alicyclic amines) is 1. The van der Waals surface area contributed by atoms with E-state index in [9.17, 15) is 14.7 Å². The number of amides is 2. The summed E-state index contributed by atoms with van der Waals surface area (Å²) in [6.45, 7) is 11.9. The number of aliphatic hydroxyl groups is 1. The highest BCUT2D eigenvalue weighted by Crippen LogP contribution is 2.55. The van der Waals surface area contributed by atoms with Crippen molar-refractivity contribution in [3.63, 3.8) is 0 Å². The largest absolute Gasteiger partial charge is 0.392 e. The standard InChI is InChI=1S/C23H41N3O3/c1-15(22(29)24-11-14-26-12-5-6-13-26)18-7-9-23(4)10-8-19(25-17(3)27)16(2)20(23)21(18)28/h15-16,18-21,28H,5-14H2,1-4H3,(H,24,29)(H,25,27)/t15-,16+,18+,19-,20+,21-,23-/m0/s1. The lowest BCUT2D eigenvalue weighted by molar-refractivity contribution is -0.143. The maximum absolute atomic E-state index is 12.8. The maximum Gasteiger partial charge on any atom is 0.223 e. The fourth-order valence-corrected chi connectivity index (χ4v) is 6.46. The van der Waals surface area contributed by atoms with Gasteiger partial charge in [-0.2, -0.15) is 0 Å². The Morgan fingerprint density at radius 1 is 1.21 bits per heavy atom. The van der Waals surface area contributed by atoms with Gasteiger partial charge < -0.3 is 20.6 Å². The Balaban J connectivity index is 1.60. The first-order valence-electron chi connectivity index (χ1n) is 11.7. The highest BCUT2D eigenvalue weighted by molar-refractivity contribution is 5.78. The molecule has 1 heterocycles. The zero-order valence-corrected chi connectivity index (χ0v) is 18.7. The first-order chi connectivity index (χ1) is 13.7. The van der Waals surface area contributed by atoms with Crippen LogP contribution < -0.4 is 10.6 Å². The first-order valence-corrected chi connectivity index (χ1v) is 11.7. The molecule has 166 valence electrons. The topological polar surface area (TPSA) is 81.7 Å². The van der Waals surface area contributed by atoms with Crippen molar-refractivity contribution in [2.45, 2.75) is 78.4 Å². The lowest BCUT2D eigenvalue weighted by atomic mass is 9.51. The maximum atomic E-state index is 12.8. The Morgan fingerprint density at radius 2 is 1.86 bits per heavy atom. The summed E-state index contributed by atoms with van der Waals surface area (Å²) in [7, 11) is 0. The average molecular weight is 408 g/mol. The Bertz CT molecular complexity index is 592. The van der Waals surface area contributed by atoms with Gasteiger partial charge in [0.05, 0.1) is 6.10 Å². The summed E-state index contributed by atoms with van der Waals surface area (Å²) in [6, 6.07) is 0.114. The van der Waals surface area contributed by atoms with Crippen LogP contribution in [0.5, 0.6) is 0 Å². The molecule has 29 heavy (non-hydrogen) atoms. The molecule has 0 radical (unpaired) electrons. The minimum Gasteiger partial charge on any atom is -0.392 e. The molecule has 2 aliphatic carbocycles. The van der Waals surface area contributed by atoms with Gasteiger partial charge in [0.15, 0.2) is 0 Å². The summed E-state index contributed by atoms with van der Waals surface area (Å²) >= 11 is 0. The number of nitrogens with one attached hydrogen (secondary N) is 2. The quantitative estimate of drug-likeness (QED) is 0.630. The van der Waals surface area contributed by atoms with Crippen LogP contribution >= 0.6 is 0 Å². The van der Waals surface area contributed by atoms with Gasteiger partial charge in [-0.3, -0.25) is 9.59 Å². The van der Waals surface area contributed by atoms with Crippen LogP contribution in [0.1, 0.15) is 66.2 Å². The molecular formula is C23H41N3O3. The van der Waals surface area contributed by atoms with Gasteiger partial charge in [-0.15, -0.1) is 0 Å². The molecule has 6 nitrogen and oxygen atoms in total. The van der Waals surface area contributed by atoms with Gasteiger partial charge in [0.25, 0.3) is 0 Å². The normalized spacial score (nSPS) is 38.9. The van der Waals surface area contributed by atoms with Crippen LogP contribution in [0, 0.1) is 29.1 Å². The van der Waals surface area contributed by atoms with Crippen LogP contribution in [0.3, 0.4) is 0 Å². The zero-order chi connectivity index (χ0) is 21.2. The van der Waals surface area contributed by atoms with Gasteiger partial charge >= 0.3 is 0 Å². The Hall–Kier alpha value is -1.14. The summed E-state index contributed by atoms with van der Waals surface area (Å²) in [4.78, 5) is 26.8. The van der Waals surface area contributed by atoms with E-state index in [1.165, 1.54) is 12.8 Å². The van der Waals surface area contributed by atoms with Crippen molar-refractivity contribution in [2.24, 2.45) is 29.1 Å². The number of carbonyl (C=O) groups is 2. The SMILES string of the molecule is CC(=O)N[C@H]1CC[C@]2(C)CC[C@H]([C@H](C)C(=O)NCCN3CCCC3)[C@H](O)[C@H]2[C@@H]1C. The van der Waals surface area contributed by atoms with Gasteiger partial charge in [0.2, 0.25) is 11.8 Å². The van der Waals surface area contributed by atoms with E-state index in [4.69, 9.17) is 0 Å². The third-order valence-electron chi connectivity index (χ3n) is 8.26. The van der Waals surface area contributed by atoms with Crippen molar-refractivity contribution in [3.8, 4) is 0 Å². The van der Waals surface area contributed by atoms with Crippen LogP contribution in [-0.4, -0.2) is 60.1 Å². The van der Waals surface area contributed by atoms with Crippen LogP contribution in [0.2, 0.25) is 0 Å². The van der Waals surface area contributed by atoms with Crippen molar-refractivity contribution in [1.82, 2.24) is 15.5 Å². The third kappa shape index (κ3) is 4.96. The van der Waals surface area contributed by atoms with E-state index in [1.54, 1.807) is 6.92 Å². The molecule has 1 saturated heterocycles. The lowest BCUT2D eigenvalue weighted by Gasteiger charge is -2.56. The Kier molecular flexibility index (Phi) is 7.26. The van der Waals surface area contributed by atoms with E-state index in [-0.39, 0.29) is 46.9 Å². The van der Waals surface area contributed by atoms with Crippen LogP contribution in [0.4, 0.5) is 0 Å². The lowest BCUT2D eigenvalue weighted by Crippen LogP contribution is -2.58. The zero-order valence-electron chi connectivity index (χ0n) is 18.7. The molecule has 2 amide bonds. The Labute approximate surface area is 176 Å². The molecule has 3 N–H and O–H groups in total. The summed E-state index contributed by atoms with van der Waals surface area (Å²) in [5, 5.41) is 17.6. The van der Waals surface area contributed by atoms with E-state index in [0.717, 1.165) is 45.3 Å². The Morgan fingerprint density at radius 3 is 2.52 bits per heavy atom. The fourth-order valence-electron chi connectivity index (χ4n) is 6.46. The van der Waals surface area contributed by atoms with Crippen LogP contribution in [-0.2, 0) is 9.59 Å². The van der Waals surface area contributed by atoms with Gasteiger partial charge in [-0.25, -0.2) is 0 Å². The van der Waals surface area contributed by atoms with Crippen molar-refractivity contribution in [2.75, 3.05) is 26.2 Å². The molecule has 3 rings (SSSR count). The molecule has 3 fully saturated rings. The number of carbonyl (C=O) groups excluding carboxylic acids is 2. The van der Waals surface area contributed by atoms with Crippen molar-refractivity contribution < 1.29 is 14.7 Å². The molecule has 1 aliphatic heterocycles. The fraction of sp³-hybridized carbons (Fsp3) is 0.913. The average Bonchev–Trinajstić information content (AvgIpc) is 3.17. The molecule has 0 spiro atoms. The minimum atomic E-state index is -0.500. The van der Waals surface area contributed by atoms with Gasteiger partial charge in [-0.1, -0.05) is 20.8 Å². The number of aliphatic hydroxyl groups excluding tert-OH is 1. The minimum absolute atomic E-state index is 0.00181.